The van der Waals surface area contributed by atoms with Crippen LogP contribution in [-0.4, -0.2) is 50.0 Å². The van der Waals surface area contributed by atoms with Crippen LogP contribution >= 0.6 is 0 Å². The van der Waals surface area contributed by atoms with E-state index in [9.17, 15) is 22.4 Å². The maximum Gasteiger partial charge on any atom is 0.244 e. The fourth-order valence-corrected chi connectivity index (χ4v) is 6.62. The number of nitrogens with zero attached hydrogens (tertiary/aromatic N) is 2. The van der Waals surface area contributed by atoms with E-state index in [2.05, 4.69) is 5.32 Å². The van der Waals surface area contributed by atoms with Crippen molar-refractivity contribution in [3.05, 3.63) is 132 Å². The number of anilines is 1. The van der Waals surface area contributed by atoms with Crippen LogP contribution in [0.4, 0.5) is 10.1 Å². The highest BCUT2D eigenvalue weighted by Gasteiger charge is 2.34. The zero-order chi connectivity index (χ0) is 33.2. The molecule has 0 radical (unpaired) electrons. The van der Waals surface area contributed by atoms with E-state index >= 15 is 0 Å². The van der Waals surface area contributed by atoms with Crippen molar-refractivity contribution in [2.75, 3.05) is 17.1 Å². The van der Waals surface area contributed by atoms with Gasteiger partial charge in [-0.15, -0.1) is 0 Å². The number of nitrogens with one attached hydrogen (secondary N) is 1. The summed E-state index contributed by atoms with van der Waals surface area (Å²) in [5.41, 5.74) is 2.73. The summed E-state index contributed by atoms with van der Waals surface area (Å²) in [7, 11) is -3.92. The molecule has 1 saturated carbocycles. The smallest absolute Gasteiger partial charge is 0.244 e. The van der Waals surface area contributed by atoms with Gasteiger partial charge in [-0.05, 0) is 65.9 Å². The first kappa shape index (κ1) is 33.7. The molecule has 1 atom stereocenters. The van der Waals surface area contributed by atoms with Gasteiger partial charge in [0, 0.05) is 19.0 Å². The van der Waals surface area contributed by atoms with Crippen LogP contribution < -0.4 is 14.4 Å². The molecule has 0 unspecified atom stereocenters. The number of benzene rings is 4. The van der Waals surface area contributed by atoms with Crippen LogP contribution in [0.25, 0.3) is 0 Å². The third-order valence-electron chi connectivity index (χ3n) is 8.29. The number of carbonyl (C=O) groups is 2. The monoisotopic (exact) mass is 657 g/mol. The van der Waals surface area contributed by atoms with Crippen molar-refractivity contribution in [2.45, 2.75) is 57.3 Å². The molecule has 1 fully saturated rings. The minimum Gasteiger partial charge on any atom is -0.489 e. The molecule has 0 bridgehead atoms. The van der Waals surface area contributed by atoms with Gasteiger partial charge >= 0.3 is 0 Å². The van der Waals surface area contributed by atoms with E-state index < -0.39 is 34.3 Å². The Kier molecular flexibility index (Phi) is 11.3. The van der Waals surface area contributed by atoms with Crippen LogP contribution in [0, 0.1) is 5.82 Å². The zero-order valence-corrected chi connectivity index (χ0v) is 27.2. The van der Waals surface area contributed by atoms with E-state index in [1.54, 1.807) is 36.4 Å². The molecule has 4 aromatic rings. The summed E-state index contributed by atoms with van der Waals surface area (Å²) >= 11 is 0. The number of amides is 2. The third kappa shape index (κ3) is 9.65. The molecule has 1 aliphatic carbocycles. The molecule has 5 rings (SSSR count). The first-order valence-corrected chi connectivity index (χ1v) is 17.6. The van der Waals surface area contributed by atoms with Crippen LogP contribution in [0.15, 0.2) is 109 Å². The number of rotatable bonds is 14. The highest BCUT2D eigenvalue weighted by atomic mass is 32.2. The van der Waals surface area contributed by atoms with Gasteiger partial charge in [0.1, 0.15) is 30.8 Å². The van der Waals surface area contributed by atoms with E-state index in [0.29, 0.717) is 17.9 Å². The van der Waals surface area contributed by atoms with E-state index in [4.69, 9.17) is 4.74 Å². The van der Waals surface area contributed by atoms with Gasteiger partial charge < -0.3 is 15.0 Å². The molecular formula is C37H40FN3O5S. The van der Waals surface area contributed by atoms with Crippen LogP contribution in [0.5, 0.6) is 5.75 Å². The van der Waals surface area contributed by atoms with Crippen molar-refractivity contribution < 1.29 is 27.1 Å². The highest BCUT2D eigenvalue weighted by molar-refractivity contribution is 7.92. The molecule has 0 heterocycles. The Labute approximate surface area is 276 Å². The average Bonchev–Trinajstić information content (AvgIpc) is 3.59. The van der Waals surface area contributed by atoms with E-state index in [-0.39, 0.29) is 30.6 Å². The fraction of sp³-hybridized carbons (Fsp3) is 0.297. The van der Waals surface area contributed by atoms with Crippen molar-refractivity contribution in [2.24, 2.45) is 0 Å². The molecule has 2 amide bonds. The van der Waals surface area contributed by atoms with Crippen molar-refractivity contribution in [3.8, 4) is 5.75 Å². The first-order chi connectivity index (χ1) is 22.7. The summed E-state index contributed by atoms with van der Waals surface area (Å²) in [4.78, 5) is 29.6. The number of ether oxygens (including phenoxy) is 1. The predicted molar refractivity (Wildman–Crippen MR) is 181 cm³/mol. The number of sulfonamides is 1. The molecule has 1 aliphatic rings. The second-order valence-electron chi connectivity index (χ2n) is 11.9. The van der Waals surface area contributed by atoms with Crippen LogP contribution in [0.3, 0.4) is 0 Å². The highest BCUT2D eigenvalue weighted by Crippen LogP contribution is 2.24. The lowest BCUT2D eigenvalue weighted by Crippen LogP contribution is -2.54. The minimum atomic E-state index is -3.92. The summed E-state index contributed by atoms with van der Waals surface area (Å²) in [6, 6.07) is 30.3. The molecule has 47 heavy (non-hydrogen) atoms. The van der Waals surface area contributed by atoms with Gasteiger partial charge in [-0.1, -0.05) is 85.6 Å². The standard InChI is InChI=1S/C37H40FN3O5S/c1-47(44,45)41(33-20-22-34(23-21-33)46-27-30-12-6-3-7-13-30)26-36(42)40(25-29-16-18-31(38)19-17-29)35(24-28-10-4-2-5-11-28)37(43)39-32-14-8-9-15-32/h2-7,10-13,16-23,32,35H,8-9,14-15,24-27H2,1H3,(H,39,43)/t35-/m1/s1. The Balaban J connectivity index is 1.42. The van der Waals surface area contributed by atoms with Crippen LogP contribution in [-0.2, 0) is 39.2 Å². The molecule has 246 valence electrons. The number of carbonyl (C=O) groups excluding carboxylic acids is 2. The number of hydrogen-bond donors (Lipinski definition) is 1. The SMILES string of the molecule is CS(=O)(=O)N(CC(=O)N(Cc1ccc(F)cc1)[C@H](Cc1ccccc1)C(=O)NC1CCCC1)c1ccc(OCc2ccccc2)cc1. The Morgan fingerprint density at radius 3 is 2.02 bits per heavy atom. The van der Waals surface area contributed by atoms with Crippen molar-refractivity contribution in [1.29, 1.82) is 0 Å². The van der Waals surface area contributed by atoms with Gasteiger partial charge in [0.25, 0.3) is 0 Å². The zero-order valence-electron chi connectivity index (χ0n) is 26.4. The lowest BCUT2D eigenvalue weighted by molar-refractivity contribution is -0.140. The summed E-state index contributed by atoms with van der Waals surface area (Å²) in [5, 5.41) is 3.14. The number of hydrogen-bond acceptors (Lipinski definition) is 5. The van der Waals surface area contributed by atoms with Crippen molar-refractivity contribution in [3.63, 3.8) is 0 Å². The van der Waals surface area contributed by atoms with Crippen LogP contribution in [0.1, 0.15) is 42.4 Å². The molecule has 0 aromatic heterocycles. The molecule has 0 spiro atoms. The topological polar surface area (TPSA) is 96.0 Å². The van der Waals surface area contributed by atoms with Gasteiger partial charge in [0.05, 0.1) is 11.9 Å². The predicted octanol–water partition coefficient (Wildman–Crippen LogP) is 5.87. The summed E-state index contributed by atoms with van der Waals surface area (Å²) in [6.07, 6.45) is 5.03. The summed E-state index contributed by atoms with van der Waals surface area (Å²) in [5.74, 6) is -0.749. The summed E-state index contributed by atoms with van der Waals surface area (Å²) in [6.45, 7) is -0.205. The van der Waals surface area contributed by atoms with Crippen molar-refractivity contribution >= 4 is 27.5 Å². The minimum absolute atomic E-state index is 0.0127. The van der Waals surface area contributed by atoms with E-state index in [1.165, 1.54) is 17.0 Å². The Hall–Kier alpha value is -4.70. The quantitative estimate of drug-likeness (QED) is 0.183. The molecule has 0 aliphatic heterocycles. The maximum absolute atomic E-state index is 14.3. The normalized spacial score (nSPS) is 13.9. The largest absolute Gasteiger partial charge is 0.489 e. The molecular weight excluding hydrogens is 617 g/mol. The van der Waals surface area contributed by atoms with Crippen LogP contribution in [0.2, 0.25) is 0 Å². The van der Waals surface area contributed by atoms with Gasteiger partial charge in [0.15, 0.2) is 0 Å². The fourth-order valence-electron chi connectivity index (χ4n) is 5.77. The lowest BCUT2D eigenvalue weighted by atomic mass is 10.0. The molecule has 0 saturated heterocycles. The third-order valence-corrected chi connectivity index (χ3v) is 9.43. The van der Waals surface area contributed by atoms with E-state index in [0.717, 1.165) is 47.4 Å². The van der Waals surface area contributed by atoms with E-state index in [1.807, 2.05) is 60.7 Å². The van der Waals surface area contributed by atoms with Gasteiger partial charge in [0.2, 0.25) is 21.8 Å². The molecule has 1 N–H and O–H groups in total. The molecule has 8 nitrogen and oxygen atoms in total. The Morgan fingerprint density at radius 2 is 1.43 bits per heavy atom. The van der Waals surface area contributed by atoms with Gasteiger partial charge in [-0.2, -0.15) is 0 Å². The Bertz CT molecular complexity index is 1710. The maximum atomic E-state index is 14.3. The number of halogens is 1. The second kappa shape index (κ2) is 15.7. The van der Waals surface area contributed by atoms with Gasteiger partial charge in [-0.3, -0.25) is 13.9 Å². The summed E-state index contributed by atoms with van der Waals surface area (Å²) < 4.78 is 46.9. The van der Waals surface area contributed by atoms with Crippen molar-refractivity contribution in [1.82, 2.24) is 10.2 Å². The second-order valence-corrected chi connectivity index (χ2v) is 13.8. The van der Waals surface area contributed by atoms with Gasteiger partial charge in [-0.25, -0.2) is 12.8 Å². The average molecular weight is 658 g/mol. The molecule has 4 aromatic carbocycles. The first-order valence-electron chi connectivity index (χ1n) is 15.8. The Morgan fingerprint density at radius 1 is 0.830 bits per heavy atom. The molecule has 10 heteroatoms. The lowest BCUT2D eigenvalue weighted by Gasteiger charge is -2.34.